The average molecular weight is 202 g/mol. The van der Waals surface area contributed by atoms with Gasteiger partial charge in [0, 0.05) is 25.0 Å². The molecule has 3 nitrogen and oxygen atoms in total. The third kappa shape index (κ3) is 3.58. The Kier molecular flexibility index (Phi) is 4.09. The van der Waals surface area contributed by atoms with Crippen molar-refractivity contribution in [2.45, 2.75) is 25.8 Å². The summed E-state index contributed by atoms with van der Waals surface area (Å²) in [4.78, 5) is 2.85. The van der Waals surface area contributed by atoms with E-state index in [0.29, 0.717) is 11.0 Å². The fourth-order valence-corrected chi connectivity index (χ4v) is 1.51. The topological polar surface area (TPSA) is 49.5 Å². The van der Waals surface area contributed by atoms with E-state index in [1.54, 1.807) is 0 Å². The summed E-state index contributed by atoms with van der Waals surface area (Å²) in [5.74, 6) is 0.252. The number of aliphatic hydroxyl groups is 1. The van der Waals surface area contributed by atoms with Gasteiger partial charge in [0.1, 0.15) is 0 Å². The van der Waals surface area contributed by atoms with Crippen LogP contribution in [0.25, 0.3) is 0 Å². The third-order valence-corrected chi connectivity index (χ3v) is 2.85. The molecule has 0 saturated heterocycles. The second kappa shape index (κ2) is 4.88. The monoisotopic (exact) mass is 202 g/mol. The first-order valence-corrected chi connectivity index (χ1v) is 5.20. The summed E-state index contributed by atoms with van der Waals surface area (Å²) in [6, 6.07) is 0.670. The molecule has 13 heavy (non-hydrogen) atoms. The minimum absolute atomic E-state index is 0.223. The average Bonchev–Trinajstić information content (AvgIpc) is 2.85. The maximum atomic E-state index is 8.86. The molecule has 1 rings (SSSR count). The fourth-order valence-electron chi connectivity index (χ4n) is 1.43. The molecule has 0 aliphatic heterocycles. The van der Waals surface area contributed by atoms with Gasteiger partial charge in [-0.15, -0.1) is 0 Å². The van der Waals surface area contributed by atoms with E-state index in [1.165, 1.54) is 12.8 Å². The van der Waals surface area contributed by atoms with Crippen molar-refractivity contribution < 1.29 is 5.11 Å². The molecule has 1 saturated carbocycles. The van der Waals surface area contributed by atoms with E-state index in [-0.39, 0.29) is 12.5 Å². The third-order valence-electron chi connectivity index (χ3n) is 2.44. The van der Waals surface area contributed by atoms with Crippen LogP contribution >= 0.6 is 12.2 Å². The highest BCUT2D eigenvalue weighted by atomic mass is 32.1. The van der Waals surface area contributed by atoms with Gasteiger partial charge in [-0.1, -0.05) is 19.1 Å². The van der Waals surface area contributed by atoms with Gasteiger partial charge in [-0.05, 0) is 12.8 Å². The number of nitrogens with zero attached hydrogens (tertiary/aromatic N) is 1. The lowest BCUT2D eigenvalue weighted by atomic mass is 10.1. The molecule has 0 bridgehead atoms. The van der Waals surface area contributed by atoms with Gasteiger partial charge in [0.05, 0.1) is 11.6 Å². The van der Waals surface area contributed by atoms with Crippen molar-refractivity contribution in [3.05, 3.63) is 0 Å². The normalized spacial score (nSPS) is 19.0. The maximum Gasteiger partial charge on any atom is 0.0768 e. The van der Waals surface area contributed by atoms with E-state index >= 15 is 0 Å². The Morgan fingerprint density at radius 1 is 1.69 bits per heavy atom. The number of thiocarbonyl (C=S) groups is 1. The molecule has 0 aromatic carbocycles. The molecule has 0 amide bonds. The smallest absolute Gasteiger partial charge is 0.0768 e. The van der Waals surface area contributed by atoms with Crippen molar-refractivity contribution in [3.8, 4) is 0 Å². The summed E-state index contributed by atoms with van der Waals surface area (Å²) in [6.07, 6.45) is 2.51. The lowest BCUT2D eigenvalue weighted by molar-refractivity contribution is 0.182. The summed E-state index contributed by atoms with van der Waals surface area (Å²) >= 11 is 4.92. The molecular formula is C9H18N2OS. The molecule has 0 aromatic rings. The summed E-state index contributed by atoms with van der Waals surface area (Å²) in [6.45, 7) is 3.90. The second-order valence-electron chi connectivity index (χ2n) is 3.75. The second-order valence-corrected chi connectivity index (χ2v) is 4.22. The molecule has 1 fully saturated rings. The molecule has 0 spiro atoms. The van der Waals surface area contributed by atoms with Crippen LogP contribution in [0.2, 0.25) is 0 Å². The highest BCUT2D eigenvalue weighted by Crippen LogP contribution is 2.27. The van der Waals surface area contributed by atoms with Crippen LogP contribution < -0.4 is 5.73 Å². The molecule has 76 valence electrons. The maximum absolute atomic E-state index is 8.86. The number of hydrogen-bond acceptors (Lipinski definition) is 3. The first-order chi connectivity index (χ1) is 6.15. The largest absolute Gasteiger partial charge is 0.395 e. The van der Waals surface area contributed by atoms with Crippen molar-refractivity contribution in [2.24, 2.45) is 11.7 Å². The zero-order valence-electron chi connectivity index (χ0n) is 8.07. The van der Waals surface area contributed by atoms with Crippen molar-refractivity contribution in [2.75, 3.05) is 19.7 Å². The highest BCUT2D eigenvalue weighted by molar-refractivity contribution is 7.80. The van der Waals surface area contributed by atoms with Crippen molar-refractivity contribution in [1.82, 2.24) is 4.90 Å². The standard InChI is InChI=1S/C9H18N2OS/c1-7(9(10)13)6-11(4-5-12)8-2-3-8/h7-8,12H,2-6H2,1H3,(H2,10,13). The van der Waals surface area contributed by atoms with Gasteiger partial charge in [0.25, 0.3) is 0 Å². The lowest BCUT2D eigenvalue weighted by Gasteiger charge is -2.24. The summed E-state index contributed by atoms with van der Waals surface area (Å²) in [7, 11) is 0. The molecule has 0 radical (unpaired) electrons. The van der Waals surface area contributed by atoms with Crippen LogP contribution in [0.15, 0.2) is 0 Å². The van der Waals surface area contributed by atoms with Crippen LogP contribution in [0.1, 0.15) is 19.8 Å². The van der Waals surface area contributed by atoms with Crippen LogP contribution in [-0.2, 0) is 0 Å². The molecule has 4 heteroatoms. The highest BCUT2D eigenvalue weighted by Gasteiger charge is 2.29. The lowest BCUT2D eigenvalue weighted by Crippen LogP contribution is -2.37. The number of hydrogen-bond donors (Lipinski definition) is 2. The first-order valence-electron chi connectivity index (χ1n) is 4.79. The Labute approximate surface area is 84.9 Å². The van der Waals surface area contributed by atoms with E-state index in [2.05, 4.69) is 4.90 Å². The van der Waals surface area contributed by atoms with Crippen molar-refractivity contribution in [1.29, 1.82) is 0 Å². The number of rotatable bonds is 6. The zero-order valence-corrected chi connectivity index (χ0v) is 8.89. The van der Waals surface area contributed by atoms with Gasteiger partial charge < -0.3 is 10.8 Å². The van der Waals surface area contributed by atoms with Crippen LogP contribution in [0.4, 0.5) is 0 Å². The quantitative estimate of drug-likeness (QED) is 0.611. The summed E-state index contributed by atoms with van der Waals surface area (Å²) in [5.41, 5.74) is 5.54. The van der Waals surface area contributed by atoms with Gasteiger partial charge in [-0.3, -0.25) is 4.90 Å². The van der Waals surface area contributed by atoms with Gasteiger partial charge in [0.15, 0.2) is 0 Å². The van der Waals surface area contributed by atoms with Gasteiger partial charge >= 0.3 is 0 Å². The molecule has 1 unspecified atom stereocenters. The Bertz CT molecular complexity index is 182. The van der Waals surface area contributed by atoms with E-state index in [0.717, 1.165) is 13.1 Å². The number of nitrogens with two attached hydrogens (primary N) is 1. The minimum atomic E-state index is 0.223. The first kappa shape index (κ1) is 10.9. The Morgan fingerprint density at radius 2 is 2.31 bits per heavy atom. The van der Waals surface area contributed by atoms with Crippen LogP contribution in [0, 0.1) is 5.92 Å². The van der Waals surface area contributed by atoms with Crippen LogP contribution in [-0.4, -0.2) is 40.7 Å². The van der Waals surface area contributed by atoms with Gasteiger partial charge in [-0.25, -0.2) is 0 Å². The molecule has 1 aliphatic carbocycles. The minimum Gasteiger partial charge on any atom is -0.395 e. The van der Waals surface area contributed by atoms with Crippen LogP contribution in [0.5, 0.6) is 0 Å². The predicted octanol–water partition coefficient (Wildman–Crippen LogP) is 0.365. The van der Waals surface area contributed by atoms with Gasteiger partial charge in [-0.2, -0.15) is 0 Å². The molecule has 1 atom stereocenters. The molecule has 0 aromatic heterocycles. The number of aliphatic hydroxyl groups excluding tert-OH is 1. The Morgan fingerprint density at radius 3 is 2.69 bits per heavy atom. The van der Waals surface area contributed by atoms with Crippen LogP contribution in [0.3, 0.4) is 0 Å². The van der Waals surface area contributed by atoms with E-state index < -0.39 is 0 Å². The van der Waals surface area contributed by atoms with Crippen molar-refractivity contribution in [3.63, 3.8) is 0 Å². The molecule has 3 N–H and O–H groups in total. The zero-order chi connectivity index (χ0) is 9.84. The van der Waals surface area contributed by atoms with Crippen molar-refractivity contribution >= 4 is 17.2 Å². The molecule has 1 aliphatic rings. The molecule has 0 heterocycles. The van der Waals surface area contributed by atoms with E-state index in [9.17, 15) is 0 Å². The summed E-state index contributed by atoms with van der Waals surface area (Å²) < 4.78 is 0. The Hall–Kier alpha value is -0.190. The SMILES string of the molecule is CC(CN(CCO)C1CC1)C(N)=S. The Balaban J connectivity index is 2.32. The van der Waals surface area contributed by atoms with E-state index in [4.69, 9.17) is 23.1 Å². The fraction of sp³-hybridized carbons (Fsp3) is 0.889. The predicted molar refractivity (Wildman–Crippen MR) is 57.6 cm³/mol. The van der Waals surface area contributed by atoms with E-state index in [1.807, 2.05) is 6.92 Å². The summed E-state index contributed by atoms with van der Waals surface area (Å²) in [5, 5.41) is 8.86. The molecular weight excluding hydrogens is 184 g/mol. The van der Waals surface area contributed by atoms with Gasteiger partial charge in [0.2, 0.25) is 0 Å².